The molecule has 1 nitrogen and oxygen atoms in total. The molecule has 2 aromatic rings. The largest absolute Gasteiger partial charge is 0.507 e. The highest BCUT2D eigenvalue weighted by molar-refractivity contribution is 5.90. The molecule has 2 rings (SSSR count). The molecule has 1 N–H and O–H groups in total. The van der Waals surface area contributed by atoms with Crippen LogP contribution in [0.4, 0.5) is 0 Å². The molecule has 0 fully saturated rings. The summed E-state index contributed by atoms with van der Waals surface area (Å²) in [6.07, 6.45) is 9.07. The molecular formula is C18H24O. The van der Waals surface area contributed by atoms with Gasteiger partial charge in [0.1, 0.15) is 5.75 Å². The van der Waals surface area contributed by atoms with Gasteiger partial charge in [0.15, 0.2) is 0 Å². The molecule has 0 aromatic heterocycles. The van der Waals surface area contributed by atoms with Crippen molar-refractivity contribution in [2.45, 2.75) is 51.9 Å². The van der Waals surface area contributed by atoms with Crippen molar-refractivity contribution in [2.75, 3.05) is 0 Å². The van der Waals surface area contributed by atoms with Crippen molar-refractivity contribution in [1.82, 2.24) is 0 Å². The molecule has 102 valence electrons. The van der Waals surface area contributed by atoms with Crippen LogP contribution in [0.2, 0.25) is 0 Å². The van der Waals surface area contributed by atoms with Crippen LogP contribution in [0.1, 0.15) is 51.0 Å². The second-order valence-electron chi connectivity index (χ2n) is 5.31. The summed E-state index contributed by atoms with van der Waals surface area (Å²) in [4.78, 5) is 0. The predicted molar refractivity (Wildman–Crippen MR) is 82.7 cm³/mol. The Bertz CT molecular complexity index is 516. The van der Waals surface area contributed by atoms with E-state index in [1.54, 1.807) is 6.07 Å². The summed E-state index contributed by atoms with van der Waals surface area (Å²) in [6.45, 7) is 2.25. The lowest BCUT2D eigenvalue weighted by atomic mass is 9.99. The van der Waals surface area contributed by atoms with E-state index in [1.165, 1.54) is 49.5 Å². The van der Waals surface area contributed by atoms with Gasteiger partial charge < -0.3 is 5.11 Å². The maximum atomic E-state index is 9.86. The first kappa shape index (κ1) is 13.9. The van der Waals surface area contributed by atoms with E-state index >= 15 is 0 Å². The van der Waals surface area contributed by atoms with Gasteiger partial charge in [-0.2, -0.15) is 0 Å². The normalized spacial score (nSPS) is 11.0. The Morgan fingerprint density at radius 2 is 1.47 bits per heavy atom. The Hall–Kier alpha value is -1.50. The summed E-state index contributed by atoms with van der Waals surface area (Å²) >= 11 is 0. The van der Waals surface area contributed by atoms with Crippen LogP contribution in [0.3, 0.4) is 0 Å². The van der Waals surface area contributed by atoms with Gasteiger partial charge in [0.25, 0.3) is 0 Å². The number of aromatic hydroxyl groups is 1. The SMILES string of the molecule is CCCCCCCCc1cccc2c(O)cccc12. The van der Waals surface area contributed by atoms with Crippen molar-refractivity contribution in [1.29, 1.82) is 0 Å². The van der Waals surface area contributed by atoms with Gasteiger partial charge in [0.05, 0.1) is 0 Å². The van der Waals surface area contributed by atoms with Crippen molar-refractivity contribution in [3.8, 4) is 5.75 Å². The Morgan fingerprint density at radius 1 is 0.789 bits per heavy atom. The van der Waals surface area contributed by atoms with Crippen LogP contribution < -0.4 is 0 Å². The Labute approximate surface area is 116 Å². The van der Waals surface area contributed by atoms with Crippen LogP contribution in [-0.4, -0.2) is 5.11 Å². The molecular weight excluding hydrogens is 232 g/mol. The third-order valence-electron chi connectivity index (χ3n) is 3.79. The molecule has 0 saturated heterocycles. The molecule has 0 unspecified atom stereocenters. The van der Waals surface area contributed by atoms with Crippen molar-refractivity contribution in [2.24, 2.45) is 0 Å². The van der Waals surface area contributed by atoms with Crippen LogP contribution in [0, 0.1) is 0 Å². The van der Waals surface area contributed by atoms with E-state index in [0.717, 1.165) is 11.8 Å². The first-order valence-electron chi connectivity index (χ1n) is 7.52. The fourth-order valence-corrected chi connectivity index (χ4v) is 2.67. The van der Waals surface area contributed by atoms with E-state index < -0.39 is 0 Å². The van der Waals surface area contributed by atoms with Gasteiger partial charge in [-0.1, -0.05) is 69.4 Å². The van der Waals surface area contributed by atoms with E-state index in [9.17, 15) is 5.11 Å². The van der Waals surface area contributed by atoms with Gasteiger partial charge in [-0.25, -0.2) is 0 Å². The zero-order chi connectivity index (χ0) is 13.5. The van der Waals surface area contributed by atoms with E-state index in [4.69, 9.17) is 0 Å². The highest BCUT2D eigenvalue weighted by Gasteiger charge is 2.03. The van der Waals surface area contributed by atoms with Crippen molar-refractivity contribution in [3.63, 3.8) is 0 Å². The maximum absolute atomic E-state index is 9.86. The summed E-state index contributed by atoms with van der Waals surface area (Å²) in [7, 11) is 0. The number of phenolic OH excluding ortho intramolecular Hbond substituents is 1. The standard InChI is InChI=1S/C18H24O/c1-2-3-4-5-6-7-10-15-11-8-13-17-16(15)12-9-14-18(17)19/h8-9,11-14,19H,2-7,10H2,1H3. The summed E-state index contributed by atoms with van der Waals surface area (Å²) < 4.78 is 0. The quantitative estimate of drug-likeness (QED) is 0.653. The molecule has 0 aliphatic rings. The molecule has 19 heavy (non-hydrogen) atoms. The summed E-state index contributed by atoms with van der Waals surface area (Å²) in [5.74, 6) is 0.391. The minimum absolute atomic E-state index is 0.391. The summed E-state index contributed by atoms with van der Waals surface area (Å²) in [5, 5.41) is 12.0. The smallest absolute Gasteiger partial charge is 0.123 e. The van der Waals surface area contributed by atoms with Crippen LogP contribution in [-0.2, 0) is 6.42 Å². The topological polar surface area (TPSA) is 20.2 Å². The number of fused-ring (bicyclic) bond motifs is 1. The Kier molecular flexibility index (Phi) is 5.26. The van der Waals surface area contributed by atoms with Gasteiger partial charge in [-0.05, 0) is 29.9 Å². The molecule has 0 amide bonds. The lowest BCUT2D eigenvalue weighted by Crippen LogP contribution is -1.88. The van der Waals surface area contributed by atoms with E-state index in [2.05, 4.69) is 25.1 Å². The average molecular weight is 256 g/mol. The fourth-order valence-electron chi connectivity index (χ4n) is 2.67. The minimum Gasteiger partial charge on any atom is -0.507 e. The number of rotatable bonds is 7. The molecule has 0 spiro atoms. The number of unbranched alkanes of at least 4 members (excludes halogenated alkanes) is 5. The van der Waals surface area contributed by atoms with Gasteiger partial charge in [-0.3, -0.25) is 0 Å². The van der Waals surface area contributed by atoms with Crippen LogP contribution in [0.15, 0.2) is 36.4 Å². The van der Waals surface area contributed by atoms with Crippen molar-refractivity contribution in [3.05, 3.63) is 42.0 Å². The molecule has 0 saturated carbocycles. The molecule has 0 aliphatic carbocycles. The summed E-state index contributed by atoms with van der Waals surface area (Å²) in [6, 6.07) is 12.0. The predicted octanol–water partition coefficient (Wildman–Crippen LogP) is 5.45. The van der Waals surface area contributed by atoms with Crippen molar-refractivity contribution < 1.29 is 5.11 Å². The van der Waals surface area contributed by atoms with Gasteiger partial charge in [0.2, 0.25) is 0 Å². The van der Waals surface area contributed by atoms with E-state index in [-0.39, 0.29) is 0 Å². The summed E-state index contributed by atoms with van der Waals surface area (Å²) in [5.41, 5.74) is 1.36. The van der Waals surface area contributed by atoms with Crippen molar-refractivity contribution >= 4 is 10.8 Å². The Morgan fingerprint density at radius 3 is 2.32 bits per heavy atom. The maximum Gasteiger partial charge on any atom is 0.123 e. The van der Waals surface area contributed by atoms with Gasteiger partial charge >= 0.3 is 0 Å². The zero-order valence-electron chi connectivity index (χ0n) is 11.9. The lowest BCUT2D eigenvalue weighted by Gasteiger charge is -2.07. The highest BCUT2D eigenvalue weighted by Crippen LogP contribution is 2.27. The van der Waals surface area contributed by atoms with Crippen LogP contribution in [0.25, 0.3) is 10.8 Å². The number of aryl methyl sites for hydroxylation is 1. The highest BCUT2D eigenvalue weighted by atomic mass is 16.3. The fraction of sp³-hybridized carbons (Fsp3) is 0.444. The second-order valence-corrected chi connectivity index (χ2v) is 5.31. The molecule has 0 aliphatic heterocycles. The molecule has 0 bridgehead atoms. The third-order valence-corrected chi connectivity index (χ3v) is 3.79. The first-order valence-corrected chi connectivity index (χ1v) is 7.52. The molecule has 0 atom stereocenters. The monoisotopic (exact) mass is 256 g/mol. The molecule has 0 heterocycles. The number of hydrogen-bond acceptors (Lipinski definition) is 1. The average Bonchev–Trinajstić information content (AvgIpc) is 2.43. The number of hydrogen-bond donors (Lipinski definition) is 1. The molecule has 0 radical (unpaired) electrons. The third kappa shape index (κ3) is 3.73. The zero-order valence-corrected chi connectivity index (χ0v) is 11.9. The minimum atomic E-state index is 0.391. The number of phenols is 1. The lowest BCUT2D eigenvalue weighted by molar-refractivity contribution is 0.481. The molecule has 1 heteroatoms. The second kappa shape index (κ2) is 7.18. The van der Waals surface area contributed by atoms with E-state index in [1.807, 2.05) is 12.1 Å². The molecule has 2 aromatic carbocycles. The van der Waals surface area contributed by atoms with E-state index in [0.29, 0.717) is 5.75 Å². The Balaban J connectivity index is 1.95. The van der Waals surface area contributed by atoms with Crippen LogP contribution in [0.5, 0.6) is 5.75 Å². The van der Waals surface area contributed by atoms with Gasteiger partial charge in [0, 0.05) is 5.39 Å². The first-order chi connectivity index (χ1) is 9.33. The van der Waals surface area contributed by atoms with Gasteiger partial charge in [-0.15, -0.1) is 0 Å². The number of benzene rings is 2. The van der Waals surface area contributed by atoms with Crippen LogP contribution >= 0.6 is 0 Å².